The van der Waals surface area contributed by atoms with Gasteiger partial charge >= 0.3 is 0 Å². The van der Waals surface area contributed by atoms with Gasteiger partial charge in [0.05, 0.1) is 11.8 Å². The van der Waals surface area contributed by atoms with Crippen LogP contribution in [0.3, 0.4) is 0 Å². The maximum absolute atomic E-state index is 10.2. The third-order valence-electron chi connectivity index (χ3n) is 3.67. The van der Waals surface area contributed by atoms with Gasteiger partial charge in [-0.2, -0.15) is 0 Å². The van der Waals surface area contributed by atoms with Gasteiger partial charge in [0.2, 0.25) is 0 Å². The fourth-order valence-corrected chi connectivity index (χ4v) is 2.43. The van der Waals surface area contributed by atoms with Crippen molar-refractivity contribution in [2.45, 2.75) is 51.7 Å². The number of rotatable bonds is 9. The van der Waals surface area contributed by atoms with Gasteiger partial charge in [-0.1, -0.05) is 50.5 Å². The molecule has 1 heterocycles. The molecule has 0 aliphatic rings. The molecule has 1 N–H and O–H groups in total. The van der Waals surface area contributed by atoms with Crippen LogP contribution in [0.15, 0.2) is 48.7 Å². The van der Waals surface area contributed by atoms with Crippen molar-refractivity contribution >= 4 is 0 Å². The van der Waals surface area contributed by atoms with Crippen molar-refractivity contribution < 1.29 is 9.84 Å². The van der Waals surface area contributed by atoms with E-state index in [4.69, 9.17) is 4.74 Å². The van der Waals surface area contributed by atoms with E-state index in [2.05, 4.69) is 11.9 Å². The van der Waals surface area contributed by atoms with Gasteiger partial charge in [-0.3, -0.25) is 4.98 Å². The Balaban J connectivity index is 1.91. The van der Waals surface area contributed by atoms with Gasteiger partial charge in [-0.25, -0.2) is 0 Å². The van der Waals surface area contributed by atoms with Crippen molar-refractivity contribution in [2.75, 3.05) is 0 Å². The number of benzene rings is 1. The van der Waals surface area contributed by atoms with E-state index in [1.54, 1.807) is 6.20 Å². The Morgan fingerprint density at radius 1 is 1.09 bits per heavy atom. The van der Waals surface area contributed by atoms with Crippen molar-refractivity contribution in [2.24, 2.45) is 0 Å². The summed E-state index contributed by atoms with van der Waals surface area (Å²) in [5.41, 5.74) is 1.96. The van der Waals surface area contributed by atoms with Crippen LogP contribution in [0, 0.1) is 0 Å². The molecule has 1 atom stereocenters. The van der Waals surface area contributed by atoms with Crippen LogP contribution in [-0.4, -0.2) is 16.2 Å². The van der Waals surface area contributed by atoms with Gasteiger partial charge in [-0.15, -0.1) is 0 Å². The molecule has 0 saturated heterocycles. The van der Waals surface area contributed by atoms with Crippen LogP contribution >= 0.6 is 0 Å². The average Bonchev–Trinajstić information content (AvgIpc) is 2.55. The Labute approximate surface area is 133 Å². The van der Waals surface area contributed by atoms with E-state index in [1.165, 1.54) is 12.8 Å². The lowest BCUT2D eigenvalue weighted by molar-refractivity contribution is 0.159. The number of aromatic nitrogens is 1. The number of aliphatic hydroxyl groups is 1. The van der Waals surface area contributed by atoms with Crippen LogP contribution in [0.1, 0.15) is 43.9 Å². The van der Waals surface area contributed by atoms with Gasteiger partial charge in [0.25, 0.3) is 0 Å². The SMILES string of the molecule is CCCCCC(O)Cc1ccccc1OCc1ccccn1. The Morgan fingerprint density at radius 2 is 1.91 bits per heavy atom. The van der Waals surface area contributed by atoms with E-state index in [0.717, 1.165) is 29.8 Å². The molecule has 0 amide bonds. The number of pyridine rings is 1. The number of unbranched alkanes of at least 4 members (excludes halogenated alkanes) is 2. The number of aliphatic hydroxyl groups excluding tert-OH is 1. The lowest BCUT2D eigenvalue weighted by Crippen LogP contribution is -2.11. The first kappa shape index (κ1) is 16.5. The molecule has 0 aliphatic heterocycles. The van der Waals surface area contributed by atoms with E-state index in [0.29, 0.717) is 13.0 Å². The van der Waals surface area contributed by atoms with Crippen LogP contribution in [0.4, 0.5) is 0 Å². The molecule has 22 heavy (non-hydrogen) atoms. The number of para-hydroxylation sites is 1. The van der Waals surface area contributed by atoms with Crippen LogP contribution in [-0.2, 0) is 13.0 Å². The lowest BCUT2D eigenvalue weighted by Gasteiger charge is -2.14. The Kier molecular flexibility index (Phi) is 6.91. The Hall–Kier alpha value is -1.87. The molecule has 0 bridgehead atoms. The van der Waals surface area contributed by atoms with E-state index < -0.39 is 0 Å². The fraction of sp³-hybridized carbons (Fsp3) is 0.421. The third kappa shape index (κ3) is 5.49. The highest BCUT2D eigenvalue weighted by atomic mass is 16.5. The number of hydrogen-bond acceptors (Lipinski definition) is 3. The zero-order valence-corrected chi connectivity index (χ0v) is 13.2. The van der Waals surface area contributed by atoms with Crippen LogP contribution in [0.25, 0.3) is 0 Å². The maximum Gasteiger partial charge on any atom is 0.130 e. The molecule has 1 aromatic carbocycles. The number of hydrogen-bond donors (Lipinski definition) is 1. The molecule has 0 aliphatic carbocycles. The molecular formula is C19H25NO2. The van der Waals surface area contributed by atoms with Crippen LogP contribution in [0.5, 0.6) is 5.75 Å². The highest BCUT2D eigenvalue weighted by Crippen LogP contribution is 2.22. The molecule has 2 rings (SSSR count). The summed E-state index contributed by atoms with van der Waals surface area (Å²) in [6.45, 7) is 2.62. The molecule has 1 aromatic heterocycles. The molecule has 3 heteroatoms. The first-order valence-corrected chi connectivity index (χ1v) is 8.08. The van der Waals surface area contributed by atoms with Crippen molar-refractivity contribution in [1.82, 2.24) is 4.98 Å². The minimum absolute atomic E-state index is 0.300. The summed E-state index contributed by atoms with van der Waals surface area (Å²) in [5.74, 6) is 0.836. The minimum atomic E-state index is -0.300. The molecule has 0 spiro atoms. The summed E-state index contributed by atoms with van der Waals surface area (Å²) in [7, 11) is 0. The topological polar surface area (TPSA) is 42.4 Å². The predicted octanol–water partition coefficient (Wildman–Crippen LogP) is 4.14. The molecule has 3 nitrogen and oxygen atoms in total. The predicted molar refractivity (Wildman–Crippen MR) is 88.9 cm³/mol. The highest BCUT2D eigenvalue weighted by Gasteiger charge is 2.10. The number of nitrogens with zero attached hydrogens (tertiary/aromatic N) is 1. The fourth-order valence-electron chi connectivity index (χ4n) is 2.43. The zero-order chi connectivity index (χ0) is 15.6. The minimum Gasteiger partial charge on any atom is -0.487 e. The third-order valence-corrected chi connectivity index (χ3v) is 3.67. The summed E-state index contributed by atoms with van der Waals surface area (Å²) in [4.78, 5) is 4.26. The second kappa shape index (κ2) is 9.21. The Morgan fingerprint density at radius 3 is 2.68 bits per heavy atom. The van der Waals surface area contributed by atoms with Gasteiger partial charge in [0.1, 0.15) is 12.4 Å². The van der Waals surface area contributed by atoms with Gasteiger partial charge in [0, 0.05) is 12.6 Å². The van der Waals surface area contributed by atoms with Gasteiger partial charge in [0.15, 0.2) is 0 Å². The van der Waals surface area contributed by atoms with Crippen molar-refractivity contribution in [3.8, 4) is 5.75 Å². The van der Waals surface area contributed by atoms with E-state index in [9.17, 15) is 5.11 Å². The normalized spacial score (nSPS) is 12.1. The lowest BCUT2D eigenvalue weighted by atomic mass is 10.0. The molecule has 118 valence electrons. The van der Waals surface area contributed by atoms with E-state index >= 15 is 0 Å². The molecule has 2 aromatic rings. The molecular weight excluding hydrogens is 274 g/mol. The second-order valence-electron chi connectivity index (χ2n) is 5.57. The summed E-state index contributed by atoms with van der Waals surface area (Å²) >= 11 is 0. The van der Waals surface area contributed by atoms with E-state index in [-0.39, 0.29) is 6.10 Å². The first-order chi connectivity index (χ1) is 10.8. The monoisotopic (exact) mass is 299 g/mol. The summed E-state index contributed by atoms with van der Waals surface area (Å²) < 4.78 is 5.88. The Bertz CT molecular complexity index is 542. The van der Waals surface area contributed by atoms with Crippen molar-refractivity contribution in [3.05, 3.63) is 59.9 Å². The standard InChI is InChI=1S/C19H25NO2/c1-2-3-4-11-18(21)14-16-9-5-6-12-19(16)22-15-17-10-7-8-13-20-17/h5-10,12-13,18,21H,2-4,11,14-15H2,1H3. The van der Waals surface area contributed by atoms with Crippen molar-refractivity contribution in [3.63, 3.8) is 0 Å². The van der Waals surface area contributed by atoms with Crippen LogP contribution < -0.4 is 4.74 Å². The average molecular weight is 299 g/mol. The molecule has 1 unspecified atom stereocenters. The van der Waals surface area contributed by atoms with Crippen molar-refractivity contribution in [1.29, 1.82) is 0 Å². The smallest absolute Gasteiger partial charge is 0.130 e. The molecule has 0 fully saturated rings. The molecule has 0 saturated carbocycles. The van der Waals surface area contributed by atoms with Gasteiger partial charge < -0.3 is 9.84 Å². The second-order valence-corrected chi connectivity index (χ2v) is 5.57. The summed E-state index contributed by atoms with van der Waals surface area (Å²) in [6.07, 6.45) is 6.39. The maximum atomic E-state index is 10.2. The summed E-state index contributed by atoms with van der Waals surface area (Å²) in [6, 6.07) is 13.7. The largest absolute Gasteiger partial charge is 0.487 e. The quantitative estimate of drug-likeness (QED) is 0.707. The van der Waals surface area contributed by atoms with Crippen LogP contribution in [0.2, 0.25) is 0 Å². The van der Waals surface area contributed by atoms with Gasteiger partial charge in [-0.05, 0) is 30.2 Å². The highest BCUT2D eigenvalue weighted by molar-refractivity contribution is 5.34. The zero-order valence-electron chi connectivity index (χ0n) is 13.2. The first-order valence-electron chi connectivity index (χ1n) is 8.08. The summed E-state index contributed by atoms with van der Waals surface area (Å²) in [5, 5.41) is 10.2. The molecule has 0 radical (unpaired) electrons. The number of ether oxygens (including phenoxy) is 1. The van der Waals surface area contributed by atoms with E-state index in [1.807, 2.05) is 42.5 Å².